The van der Waals surface area contributed by atoms with Crippen LogP contribution in [0.15, 0.2) is 21.2 Å². The van der Waals surface area contributed by atoms with Gasteiger partial charge in [0.05, 0.1) is 27.6 Å². The van der Waals surface area contributed by atoms with Gasteiger partial charge in [-0.1, -0.05) is 11.6 Å². The number of carboxylic acids is 1. The molecule has 0 unspecified atom stereocenters. The van der Waals surface area contributed by atoms with Crippen LogP contribution in [0.5, 0.6) is 0 Å². The Labute approximate surface area is 103 Å². The minimum absolute atomic E-state index is 0.0765. The summed E-state index contributed by atoms with van der Waals surface area (Å²) in [5.41, 5.74) is 0.529. The molecule has 1 N–H and O–H groups in total. The van der Waals surface area contributed by atoms with Crippen molar-refractivity contribution in [2.75, 3.05) is 0 Å². The van der Waals surface area contributed by atoms with E-state index in [1.165, 1.54) is 12.3 Å². The molecular weight excluding hydrogens is 302 g/mol. The Morgan fingerprint density at radius 1 is 1.62 bits per heavy atom. The van der Waals surface area contributed by atoms with Crippen LogP contribution in [0.4, 0.5) is 4.39 Å². The van der Waals surface area contributed by atoms with E-state index < -0.39 is 11.8 Å². The first-order valence-corrected chi connectivity index (χ1v) is 5.43. The smallest absolute Gasteiger partial charge is 0.307 e. The second-order valence-corrected chi connectivity index (χ2v) is 4.45. The van der Waals surface area contributed by atoms with E-state index in [4.69, 9.17) is 21.1 Å². The number of carboxylic acid groups (broad SMARTS) is 1. The fraction of sp³-hybridized carbons (Fsp3) is 0.100. The van der Waals surface area contributed by atoms with E-state index in [1.807, 2.05) is 0 Å². The van der Waals surface area contributed by atoms with Crippen molar-refractivity contribution in [3.63, 3.8) is 0 Å². The first-order valence-electron chi connectivity index (χ1n) is 4.26. The molecule has 84 valence electrons. The molecule has 0 radical (unpaired) electrons. The highest BCUT2D eigenvalue weighted by molar-refractivity contribution is 9.10. The Kier molecular flexibility index (Phi) is 2.90. The van der Waals surface area contributed by atoms with Crippen LogP contribution < -0.4 is 0 Å². The summed E-state index contributed by atoms with van der Waals surface area (Å²) in [6.07, 6.45) is 0.916. The van der Waals surface area contributed by atoms with Gasteiger partial charge in [0.25, 0.3) is 0 Å². The van der Waals surface area contributed by atoms with Crippen molar-refractivity contribution in [1.29, 1.82) is 0 Å². The number of fused-ring (bicyclic) bond motifs is 1. The van der Waals surface area contributed by atoms with E-state index in [2.05, 4.69) is 15.9 Å². The summed E-state index contributed by atoms with van der Waals surface area (Å²) in [7, 11) is 0. The topological polar surface area (TPSA) is 50.4 Å². The van der Waals surface area contributed by atoms with Crippen LogP contribution in [-0.2, 0) is 11.2 Å². The van der Waals surface area contributed by atoms with Crippen molar-refractivity contribution in [3.05, 3.63) is 33.2 Å². The third-order valence-corrected chi connectivity index (χ3v) is 2.97. The summed E-state index contributed by atoms with van der Waals surface area (Å²) in [6.45, 7) is 0. The number of furan rings is 1. The van der Waals surface area contributed by atoms with Gasteiger partial charge in [-0.05, 0) is 22.0 Å². The molecule has 1 aromatic heterocycles. The van der Waals surface area contributed by atoms with Gasteiger partial charge in [-0.25, -0.2) is 4.39 Å². The number of benzene rings is 1. The maximum Gasteiger partial charge on any atom is 0.307 e. The first kappa shape index (κ1) is 11.4. The van der Waals surface area contributed by atoms with Crippen LogP contribution in [0.25, 0.3) is 11.0 Å². The van der Waals surface area contributed by atoms with Gasteiger partial charge in [0, 0.05) is 5.56 Å². The summed E-state index contributed by atoms with van der Waals surface area (Å²) >= 11 is 8.83. The molecule has 16 heavy (non-hydrogen) atoms. The molecular formula is C10H5BrClFO3. The molecule has 0 fully saturated rings. The Balaban J connectivity index is 2.74. The van der Waals surface area contributed by atoms with Crippen LogP contribution >= 0.6 is 27.5 Å². The second-order valence-electron chi connectivity index (χ2n) is 3.19. The number of hydrogen-bond donors (Lipinski definition) is 1. The van der Waals surface area contributed by atoms with E-state index >= 15 is 0 Å². The summed E-state index contributed by atoms with van der Waals surface area (Å²) in [5, 5.41) is 8.70. The van der Waals surface area contributed by atoms with Crippen LogP contribution in [-0.4, -0.2) is 11.1 Å². The van der Waals surface area contributed by atoms with Crippen molar-refractivity contribution in [3.8, 4) is 0 Å². The highest BCUT2D eigenvalue weighted by Gasteiger charge is 2.18. The molecule has 0 atom stereocenters. The summed E-state index contributed by atoms with van der Waals surface area (Å²) < 4.78 is 19.3. The summed E-state index contributed by atoms with van der Waals surface area (Å²) in [4.78, 5) is 10.6. The molecule has 3 nitrogen and oxygen atoms in total. The second kappa shape index (κ2) is 4.07. The Hall–Kier alpha value is -1.07. The molecule has 0 saturated heterocycles. The molecule has 0 bridgehead atoms. The molecule has 0 saturated carbocycles. The van der Waals surface area contributed by atoms with Crippen LogP contribution in [0, 0.1) is 5.82 Å². The lowest BCUT2D eigenvalue weighted by atomic mass is 10.1. The molecule has 0 aliphatic rings. The predicted molar refractivity (Wildman–Crippen MR) is 60.2 cm³/mol. The number of rotatable bonds is 2. The van der Waals surface area contributed by atoms with Gasteiger partial charge >= 0.3 is 5.97 Å². The van der Waals surface area contributed by atoms with E-state index in [-0.39, 0.29) is 28.0 Å². The average molecular weight is 308 g/mol. The van der Waals surface area contributed by atoms with Gasteiger partial charge in [0.2, 0.25) is 0 Å². The van der Waals surface area contributed by atoms with Gasteiger partial charge in [0.1, 0.15) is 0 Å². The maximum absolute atomic E-state index is 13.7. The fourth-order valence-electron chi connectivity index (χ4n) is 1.46. The Morgan fingerprint density at radius 3 is 2.94 bits per heavy atom. The Morgan fingerprint density at radius 2 is 2.31 bits per heavy atom. The number of halogens is 3. The lowest BCUT2D eigenvalue weighted by Gasteiger charge is -1.99. The standard InChI is InChI=1S/C10H5BrClFO3/c11-5-2-6(12)9(13)8-4(1-7(14)15)3-16-10(5)8/h2-3H,1H2,(H,14,15). The fourth-order valence-corrected chi connectivity index (χ4v) is 2.32. The molecule has 2 rings (SSSR count). The van der Waals surface area contributed by atoms with E-state index in [0.29, 0.717) is 4.47 Å². The van der Waals surface area contributed by atoms with Crippen LogP contribution in [0.2, 0.25) is 5.02 Å². The molecule has 2 aromatic rings. The average Bonchev–Trinajstić information content (AvgIpc) is 2.58. The third kappa shape index (κ3) is 1.81. The first-order chi connectivity index (χ1) is 7.50. The van der Waals surface area contributed by atoms with E-state index in [0.717, 1.165) is 0 Å². The highest BCUT2D eigenvalue weighted by atomic mass is 79.9. The maximum atomic E-state index is 13.7. The molecule has 0 spiro atoms. The molecule has 1 aromatic carbocycles. The zero-order valence-corrected chi connectivity index (χ0v) is 10.1. The lowest BCUT2D eigenvalue weighted by molar-refractivity contribution is -0.136. The minimum atomic E-state index is -1.06. The van der Waals surface area contributed by atoms with Crippen molar-refractivity contribution in [1.82, 2.24) is 0 Å². The van der Waals surface area contributed by atoms with E-state index in [9.17, 15) is 9.18 Å². The molecule has 0 amide bonds. The van der Waals surface area contributed by atoms with Crippen LogP contribution in [0.1, 0.15) is 5.56 Å². The van der Waals surface area contributed by atoms with Gasteiger partial charge in [0.15, 0.2) is 11.4 Å². The molecule has 0 aliphatic carbocycles. The molecule has 1 heterocycles. The van der Waals surface area contributed by atoms with Gasteiger partial charge in [-0.3, -0.25) is 4.79 Å². The number of aliphatic carboxylic acids is 1. The van der Waals surface area contributed by atoms with Crippen molar-refractivity contribution < 1.29 is 18.7 Å². The van der Waals surface area contributed by atoms with Crippen molar-refractivity contribution in [2.45, 2.75) is 6.42 Å². The summed E-state index contributed by atoms with van der Waals surface area (Å²) in [6, 6.07) is 1.37. The number of hydrogen-bond acceptors (Lipinski definition) is 2. The van der Waals surface area contributed by atoms with Gasteiger partial charge in [-0.15, -0.1) is 0 Å². The monoisotopic (exact) mass is 306 g/mol. The lowest BCUT2D eigenvalue weighted by Crippen LogP contribution is -1.99. The molecule has 0 aliphatic heterocycles. The predicted octanol–water partition coefficient (Wildman–Crippen LogP) is 3.61. The summed E-state index contributed by atoms with van der Waals surface area (Å²) in [5.74, 6) is -1.72. The normalized spacial score (nSPS) is 10.9. The van der Waals surface area contributed by atoms with E-state index in [1.54, 1.807) is 0 Å². The van der Waals surface area contributed by atoms with Crippen molar-refractivity contribution >= 4 is 44.5 Å². The van der Waals surface area contributed by atoms with Crippen molar-refractivity contribution in [2.24, 2.45) is 0 Å². The molecule has 6 heteroatoms. The third-order valence-electron chi connectivity index (χ3n) is 2.11. The SMILES string of the molecule is O=C(O)Cc1coc2c(Br)cc(Cl)c(F)c12. The van der Waals surface area contributed by atoms with Gasteiger partial charge in [-0.2, -0.15) is 0 Å². The quantitative estimate of drug-likeness (QED) is 0.862. The zero-order chi connectivity index (χ0) is 11.9. The van der Waals surface area contributed by atoms with Gasteiger partial charge < -0.3 is 9.52 Å². The minimum Gasteiger partial charge on any atom is -0.481 e. The largest absolute Gasteiger partial charge is 0.481 e. The highest BCUT2D eigenvalue weighted by Crippen LogP contribution is 2.35. The number of carbonyl (C=O) groups is 1. The zero-order valence-electron chi connectivity index (χ0n) is 7.76. The van der Waals surface area contributed by atoms with Crippen LogP contribution in [0.3, 0.4) is 0 Å². The Bertz CT molecular complexity index is 579.